The molecule has 0 radical (unpaired) electrons. The number of carboxylic acid groups (broad SMARTS) is 4. The molecule has 1 aliphatic rings. The van der Waals surface area contributed by atoms with Crippen molar-refractivity contribution in [1.82, 2.24) is 10.2 Å². The molecule has 0 amide bonds. The summed E-state index contributed by atoms with van der Waals surface area (Å²) in [6.07, 6.45) is 2.23. The lowest BCUT2D eigenvalue weighted by molar-refractivity contribution is -0.134. The van der Waals surface area contributed by atoms with Crippen LogP contribution in [0.2, 0.25) is 0 Å². The Morgan fingerprint density at radius 3 is 1.38 bits per heavy atom. The number of carbonyl (C=O) groups is 4. The number of hydrogen-bond donors (Lipinski definition) is 5. The van der Waals surface area contributed by atoms with Crippen LogP contribution in [-0.4, -0.2) is 81.9 Å². The molecule has 0 spiro atoms. The van der Waals surface area contributed by atoms with Crippen molar-refractivity contribution in [2.24, 2.45) is 0 Å². The summed E-state index contributed by atoms with van der Waals surface area (Å²) >= 11 is 0. The lowest BCUT2D eigenvalue weighted by Crippen LogP contribution is -2.47. The van der Waals surface area contributed by atoms with Gasteiger partial charge in [-0.1, -0.05) is 0 Å². The normalized spacial score (nSPS) is 17.3. The van der Waals surface area contributed by atoms with Crippen molar-refractivity contribution in [3.63, 3.8) is 0 Å². The number of rotatable bonds is 4. The van der Waals surface area contributed by atoms with Crippen molar-refractivity contribution in [3.05, 3.63) is 24.3 Å². The molecule has 0 aromatic carbocycles. The zero-order valence-electron chi connectivity index (χ0n) is 13.4. The number of nitrogens with zero attached hydrogens (tertiary/aromatic N) is 1. The number of piperazine rings is 1. The molecule has 1 rings (SSSR count). The van der Waals surface area contributed by atoms with Crippen LogP contribution >= 0.6 is 0 Å². The monoisotopic (exact) mass is 346 g/mol. The van der Waals surface area contributed by atoms with Crippen LogP contribution in [0.4, 0.5) is 0 Å². The predicted octanol–water partition coefficient (Wildman–Crippen LogP) is -0.666. The first-order valence-electron chi connectivity index (χ1n) is 6.74. The number of aliphatic carboxylic acids is 4. The fourth-order valence-corrected chi connectivity index (χ4v) is 1.41. The van der Waals surface area contributed by atoms with E-state index < -0.39 is 23.9 Å². The van der Waals surface area contributed by atoms with Gasteiger partial charge in [0, 0.05) is 50.0 Å². The molecule has 0 aromatic heterocycles. The highest BCUT2D eigenvalue weighted by Crippen LogP contribution is 1.92. The van der Waals surface area contributed by atoms with Crippen molar-refractivity contribution in [2.45, 2.75) is 13.0 Å². The minimum atomic E-state index is -1.26. The summed E-state index contributed by atoms with van der Waals surface area (Å²) in [6.45, 7) is 5.76. The lowest BCUT2D eigenvalue weighted by Gasteiger charge is -2.28. The van der Waals surface area contributed by atoms with Crippen LogP contribution in [-0.2, 0) is 19.2 Å². The van der Waals surface area contributed by atoms with Gasteiger partial charge in [-0.3, -0.25) is 0 Å². The zero-order chi connectivity index (χ0) is 19.1. The molecule has 1 fully saturated rings. The van der Waals surface area contributed by atoms with Crippen LogP contribution in [0.25, 0.3) is 0 Å². The van der Waals surface area contributed by atoms with E-state index in [0.29, 0.717) is 30.3 Å². The van der Waals surface area contributed by atoms with Gasteiger partial charge >= 0.3 is 23.9 Å². The zero-order valence-corrected chi connectivity index (χ0v) is 13.4. The van der Waals surface area contributed by atoms with Gasteiger partial charge in [0.25, 0.3) is 0 Å². The quantitative estimate of drug-likeness (QED) is 0.412. The Kier molecular flexibility index (Phi) is 13.6. The van der Waals surface area contributed by atoms with E-state index in [-0.39, 0.29) is 0 Å². The Morgan fingerprint density at radius 2 is 1.21 bits per heavy atom. The number of carboxylic acids is 4. The van der Waals surface area contributed by atoms with Crippen LogP contribution in [0.5, 0.6) is 0 Å². The first-order valence-corrected chi connectivity index (χ1v) is 6.74. The molecule has 0 saturated carbocycles. The molecule has 1 saturated heterocycles. The van der Waals surface area contributed by atoms with Gasteiger partial charge in [0.05, 0.1) is 0 Å². The van der Waals surface area contributed by atoms with E-state index in [2.05, 4.69) is 24.2 Å². The van der Waals surface area contributed by atoms with Gasteiger partial charge < -0.3 is 30.6 Å². The molecule has 10 nitrogen and oxygen atoms in total. The van der Waals surface area contributed by atoms with Crippen LogP contribution in [0.15, 0.2) is 24.3 Å². The maximum Gasteiger partial charge on any atom is 0.328 e. The third-order valence-corrected chi connectivity index (χ3v) is 2.31. The van der Waals surface area contributed by atoms with Crippen molar-refractivity contribution in [3.8, 4) is 0 Å². The van der Waals surface area contributed by atoms with Gasteiger partial charge in [-0.05, 0) is 14.0 Å². The summed E-state index contributed by atoms with van der Waals surface area (Å²) < 4.78 is 0. The summed E-state index contributed by atoms with van der Waals surface area (Å²) in [5.41, 5.74) is 0. The van der Waals surface area contributed by atoms with Crippen LogP contribution < -0.4 is 5.32 Å². The summed E-state index contributed by atoms with van der Waals surface area (Å²) in [5.74, 6) is -5.03. The molecule has 0 bridgehead atoms. The third kappa shape index (κ3) is 21.6. The van der Waals surface area contributed by atoms with E-state index in [1.54, 1.807) is 0 Å². The van der Waals surface area contributed by atoms with Crippen molar-refractivity contribution < 1.29 is 39.6 Å². The van der Waals surface area contributed by atoms with Crippen LogP contribution in [0, 0.1) is 0 Å². The van der Waals surface area contributed by atoms with E-state index in [0.717, 1.165) is 6.54 Å². The molecule has 1 atom stereocenters. The second kappa shape index (κ2) is 13.9. The van der Waals surface area contributed by atoms with E-state index in [9.17, 15) is 19.2 Å². The highest BCUT2D eigenvalue weighted by molar-refractivity contribution is 5.90. The van der Waals surface area contributed by atoms with Gasteiger partial charge in [-0.2, -0.15) is 0 Å². The van der Waals surface area contributed by atoms with Crippen molar-refractivity contribution in [1.29, 1.82) is 0 Å². The van der Waals surface area contributed by atoms with E-state index >= 15 is 0 Å². The van der Waals surface area contributed by atoms with E-state index in [1.165, 1.54) is 13.1 Å². The largest absolute Gasteiger partial charge is 0.478 e. The Labute approximate surface area is 138 Å². The topological polar surface area (TPSA) is 164 Å². The molecule has 0 aliphatic carbocycles. The average Bonchev–Trinajstić information content (AvgIpc) is 2.44. The van der Waals surface area contributed by atoms with Gasteiger partial charge in [0.15, 0.2) is 0 Å². The average molecular weight is 346 g/mol. The maximum atomic E-state index is 9.55. The number of nitrogens with one attached hydrogen (secondary N) is 1. The molecule has 136 valence electrons. The second-order valence-electron chi connectivity index (χ2n) is 4.64. The van der Waals surface area contributed by atoms with Gasteiger partial charge in [-0.25, -0.2) is 19.2 Å². The summed E-state index contributed by atoms with van der Waals surface area (Å²) in [4.78, 5) is 40.6. The molecule has 1 aliphatic heterocycles. The summed E-state index contributed by atoms with van der Waals surface area (Å²) in [7, 11) is 2.16. The highest BCUT2D eigenvalue weighted by Gasteiger charge is 2.09. The smallest absolute Gasteiger partial charge is 0.328 e. The van der Waals surface area contributed by atoms with Crippen LogP contribution in [0.3, 0.4) is 0 Å². The minimum Gasteiger partial charge on any atom is -0.478 e. The fraction of sp³-hybridized carbons (Fsp3) is 0.429. The Balaban J connectivity index is 0. The summed E-state index contributed by atoms with van der Waals surface area (Å²) in [5, 5.41) is 34.6. The number of hydrogen-bond acceptors (Lipinski definition) is 6. The van der Waals surface area contributed by atoms with Gasteiger partial charge in [-0.15, -0.1) is 0 Å². The first kappa shape index (κ1) is 23.5. The molecule has 5 N–H and O–H groups in total. The number of likely N-dealkylation sites (N-methyl/N-ethyl adjacent to an activating group) is 1. The molecule has 0 aromatic rings. The van der Waals surface area contributed by atoms with Crippen molar-refractivity contribution >= 4 is 23.9 Å². The minimum absolute atomic E-state index is 0.558. The molecule has 24 heavy (non-hydrogen) atoms. The molecular formula is C14H22N2O8. The fourth-order valence-electron chi connectivity index (χ4n) is 1.41. The first-order chi connectivity index (χ1) is 11.0. The molecular weight excluding hydrogens is 324 g/mol. The molecule has 10 heteroatoms. The standard InChI is InChI=1S/C6H14N2.2C4H4O4/c1-6-5-8(2)4-3-7-6;2*5-3(6)1-2-4(7)8/h6-7H,3-5H2,1-2H3;2*1-2H,(H,5,6)(H,7,8). The Bertz CT molecular complexity index is 413. The Hall–Kier alpha value is -2.72. The lowest BCUT2D eigenvalue weighted by atomic mass is 10.2. The van der Waals surface area contributed by atoms with Gasteiger partial charge in [0.2, 0.25) is 0 Å². The third-order valence-electron chi connectivity index (χ3n) is 2.31. The van der Waals surface area contributed by atoms with Crippen LogP contribution in [0.1, 0.15) is 6.92 Å². The predicted molar refractivity (Wildman–Crippen MR) is 83.8 cm³/mol. The van der Waals surface area contributed by atoms with Crippen molar-refractivity contribution in [2.75, 3.05) is 26.7 Å². The summed E-state index contributed by atoms with van der Waals surface area (Å²) in [6, 6.07) is 0.689. The second-order valence-corrected chi connectivity index (χ2v) is 4.64. The van der Waals surface area contributed by atoms with E-state index in [1.807, 2.05) is 0 Å². The maximum absolute atomic E-state index is 9.55. The van der Waals surface area contributed by atoms with Gasteiger partial charge in [0.1, 0.15) is 0 Å². The molecule has 1 unspecified atom stereocenters. The highest BCUT2D eigenvalue weighted by atomic mass is 16.4. The Morgan fingerprint density at radius 1 is 0.875 bits per heavy atom. The molecule has 1 heterocycles. The SMILES string of the molecule is CC1CN(C)CCN1.O=C(O)C=CC(=O)O.O=C(O)C=CC(=O)O. The van der Waals surface area contributed by atoms with E-state index in [4.69, 9.17) is 20.4 Å².